The van der Waals surface area contributed by atoms with Gasteiger partial charge in [0.1, 0.15) is 0 Å². The Labute approximate surface area is 114 Å². The van der Waals surface area contributed by atoms with Gasteiger partial charge in [0.05, 0.1) is 5.92 Å². The lowest BCUT2D eigenvalue weighted by Crippen LogP contribution is -2.08. The van der Waals surface area contributed by atoms with Gasteiger partial charge in [-0.25, -0.2) is 0 Å². The van der Waals surface area contributed by atoms with E-state index in [2.05, 4.69) is 15.9 Å². The van der Waals surface area contributed by atoms with Crippen molar-refractivity contribution in [3.63, 3.8) is 0 Å². The molecule has 1 unspecified atom stereocenters. The predicted molar refractivity (Wildman–Crippen MR) is 73.3 cm³/mol. The van der Waals surface area contributed by atoms with Crippen molar-refractivity contribution in [2.75, 3.05) is 0 Å². The van der Waals surface area contributed by atoms with Crippen LogP contribution in [0.25, 0.3) is 0 Å². The molecule has 86 valence electrons. The molecule has 1 atom stereocenters. The van der Waals surface area contributed by atoms with Gasteiger partial charge in [-0.2, -0.15) is 0 Å². The standard InChI is InChI=1S/C14H10BrClO/c15-12-8-4-7-11(9-12)13(14(16)17)10-5-2-1-3-6-10/h1-9,13H. The second kappa shape index (κ2) is 5.48. The molecule has 3 heteroatoms. The monoisotopic (exact) mass is 308 g/mol. The molecular formula is C14H10BrClO. The molecule has 0 bridgehead atoms. The van der Waals surface area contributed by atoms with Crippen molar-refractivity contribution in [1.82, 2.24) is 0 Å². The maximum absolute atomic E-state index is 11.6. The first-order chi connectivity index (χ1) is 8.18. The molecule has 0 aliphatic heterocycles. The molecule has 0 amide bonds. The molecule has 0 aliphatic carbocycles. The molecule has 0 aromatic heterocycles. The average molecular weight is 310 g/mol. The first-order valence-corrected chi connectivity index (χ1v) is 6.35. The summed E-state index contributed by atoms with van der Waals surface area (Å²) in [6.07, 6.45) is 0. The fraction of sp³-hybridized carbons (Fsp3) is 0.0714. The molecule has 0 saturated heterocycles. The van der Waals surface area contributed by atoms with E-state index in [9.17, 15) is 4.79 Å². The fourth-order valence-electron chi connectivity index (χ4n) is 1.79. The van der Waals surface area contributed by atoms with E-state index < -0.39 is 5.92 Å². The Balaban J connectivity index is 2.47. The molecule has 0 aliphatic rings. The minimum absolute atomic E-state index is 0.366. The topological polar surface area (TPSA) is 17.1 Å². The molecule has 2 aromatic carbocycles. The molecule has 0 heterocycles. The van der Waals surface area contributed by atoms with Crippen LogP contribution in [0.5, 0.6) is 0 Å². The van der Waals surface area contributed by atoms with E-state index >= 15 is 0 Å². The maximum atomic E-state index is 11.6. The zero-order chi connectivity index (χ0) is 12.3. The molecule has 0 radical (unpaired) electrons. The summed E-state index contributed by atoms with van der Waals surface area (Å²) in [6, 6.07) is 17.2. The summed E-state index contributed by atoms with van der Waals surface area (Å²) in [5.41, 5.74) is 1.80. The Bertz CT molecular complexity index is 525. The first-order valence-electron chi connectivity index (χ1n) is 5.18. The number of rotatable bonds is 3. The quantitative estimate of drug-likeness (QED) is 0.771. The Morgan fingerprint density at radius 1 is 1.00 bits per heavy atom. The van der Waals surface area contributed by atoms with Crippen LogP contribution >= 0.6 is 27.5 Å². The Hall–Kier alpha value is -1.12. The van der Waals surface area contributed by atoms with Gasteiger partial charge >= 0.3 is 0 Å². The van der Waals surface area contributed by atoms with Crippen LogP contribution in [-0.4, -0.2) is 5.24 Å². The minimum Gasteiger partial charge on any atom is -0.280 e. The van der Waals surface area contributed by atoms with Gasteiger partial charge < -0.3 is 0 Å². The number of carbonyl (C=O) groups is 1. The third-order valence-electron chi connectivity index (χ3n) is 2.54. The highest BCUT2D eigenvalue weighted by Gasteiger charge is 2.20. The lowest BCUT2D eigenvalue weighted by molar-refractivity contribution is -0.112. The third kappa shape index (κ3) is 2.96. The van der Waals surface area contributed by atoms with Crippen molar-refractivity contribution < 1.29 is 4.79 Å². The van der Waals surface area contributed by atoms with Crippen LogP contribution in [0.15, 0.2) is 59.1 Å². The minimum atomic E-state index is -0.407. The van der Waals surface area contributed by atoms with Gasteiger partial charge in [0.25, 0.3) is 0 Å². The number of halogens is 2. The lowest BCUT2D eigenvalue weighted by Gasteiger charge is -2.13. The van der Waals surface area contributed by atoms with Crippen LogP contribution in [0.3, 0.4) is 0 Å². The summed E-state index contributed by atoms with van der Waals surface area (Å²) >= 11 is 9.11. The number of carbonyl (C=O) groups excluding carboxylic acids is 1. The van der Waals surface area contributed by atoms with Gasteiger partial charge in [0.15, 0.2) is 0 Å². The highest BCUT2D eigenvalue weighted by atomic mass is 79.9. The highest BCUT2D eigenvalue weighted by Crippen LogP contribution is 2.28. The average Bonchev–Trinajstić information content (AvgIpc) is 2.30. The largest absolute Gasteiger partial charge is 0.280 e. The molecule has 2 aromatic rings. The van der Waals surface area contributed by atoms with Crippen molar-refractivity contribution in [3.05, 3.63) is 70.2 Å². The summed E-state index contributed by atoms with van der Waals surface area (Å²) in [6.45, 7) is 0. The molecule has 1 nitrogen and oxygen atoms in total. The van der Waals surface area contributed by atoms with E-state index in [4.69, 9.17) is 11.6 Å². The van der Waals surface area contributed by atoms with E-state index in [0.29, 0.717) is 0 Å². The number of hydrogen-bond acceptors (Lipinski definition) is 1. The first kappa shape index (κ1) is 12.3. The molecule has 17 heavy (non-hydrogen) atoms. The van der Waals surface area contributed by atoms with E-state index in [1.54, 1.807) is 0 Å². The number of hydrogen-bond donors (Lipinski definition) is 0. The van der Waals surface area contributed by atoms with Crippen LogP contribution in [0.2, 0.25) is 0 Å². The summed E-state index contributed by atoms with van der Waals surface area (Å²) in [5, 5.41) is -0.366. The molecule has 0 N–H and O–H groups in total. The van der Waals surface area contributed by atoms with Gasteiger partial charge in [0, 0.05) is 4.47 Å². The zero-order valence-corrected chi connectivity index (χ0v) is 11.3. The van der Waals surface area contributed by atoms with Crippen molar-refractivity contribution >= 4 is 32.8 Å². The molecule has 0 saturated carbocycles. The lowest BCUT2D eigenvalue weighted by atomic mass is 9.93. The fourth-order valence-corrected chi connectivity index (χ4v) is 2.46. The highest BCUT2D eigenvalue weighted by molar-refractivity contribution is 9.10. The van der Waals surface area contributed by atoms with Crippen LogP contribution in [0.1, 0.15) is 17.0 Å². The normalized spacial score (nSPS) is 12.1. The van der Waals surface area contributed by atoms with E-state index in [1.807, 2.05) is 54.6 Å². The number of benzene rings is 2. The van der Waals surface area contributed by atoms with Gasteiger partial charge in [-0.15, -0.1) is 0 Å². The summed E-state index contributed by atoms with van der Waals surface area (Å²) < 4.78 is 0.939. The van der Waals surface area contributed by atoms with E-state index in [1.165, 1.54) is 0 Å². The van der Waals surface area contributed by atoms with Crippen molar-refractivity contribution in [2.24, 2.45) is 0 Å². The SMILES string of the molecule is O=C(Cl)C(c1ccccc1)c1cccc(Br)c1. The summed E-state index contributed by atoms with van der Waals surface area (Å²) in [7, 11) is 0. The van der Waals surface area contributed by atoms with E-state index in [0.717, 1.165) is 15.6 Å². The molecular weight excluding hydrogens is 300 g/mol. The van der Waals surface area contributed by atoms with Gasteiger partial charge in [0.2, 0.25) is 5.24 Å². The summed E-state index contributed by atoms with van der Waals surface area (Å²) in [5.74, 6) is -0.407. The Morgan fingerprint density at radius 2 is 1.65 bits per heavy atom. The summed E-state index contributed by atoms with van der Waals surface area (Å²) in [4.78, 5) is 11.6. The zero-order valence-electron chi connectivity index (χ0n) is 8.94. The Morgan fingerprint density at radius 3 is 2.24 bits per heavy atom. The van der Waals surface area contributed by atoms with Crippen LogP contribution in [0, 0.1) is 0 Å². The van der Waals surface area contributed by atoms with Crippen molar-refractivity contribution in [3.8, 4) is 0 Å². The van der Waals surface area contributed by atoms with Crippen LogP contribution < -0.4 is 0 Å². The molecule has 0 fully saturated rings. The second-order valence-corrected chi connectivity index (χ2v) is 4.99. The van der Waals surface area contributed by atoms with Gasteiger partial charge in [-0.3, -0.25) is 4.79 Å². The van der Waals surface area contributed by atoms with Gasteiger partial charge in [-0.1, -0.05) is 58.4 Å². The Kier molecular flexibility index (Phi) is 3.97. The third-order valence-corrected chi connectivity index (χ3v) is 3.25. The van der Waals surface area contributed by atoms with E-state index in [-0.39, 0.29) is 5.24 Å². The van der Waals surface area contributed by atoms with Crippen LogP contribution in [-0.2, 0) is 4.79 Å². The maximum Gasteiger partial charge on any atom is 0.233 e. The van der Waals surface area contributed by atoms with Crippen molar-refractivity contribution in [2.45, 2.75) is 5.92 Å². The second-order valence-electron chi connectivity index (χ2n) is 3.70. The van der Waals surface area contributed by atoms with Crippen molar-refractivity contribution in [1.29, 1.82) is 0 Å². The smallest absolute Gasteiger partial charge is 0.233 e. The molecule has 2 rings (SSSR count). The van der Waals surface area contributed by atoms with Gasteiger partial charge in [-0.05, 0) is 34.9 Å². The predicted octanol–water partition coefficient (Wildman–Crippen LogP) is 4.35. The van der Waals surface area contributed by atoms with Crippen LogP contribution in [0.4, 0.5) is 0 Å². The molecule has 0 spiro atoms.